The zero-order chi connectivity index (χ0) is 12.1. The first-order chi connectivity index (χ1) is 8.25. The molecule has 2 rings (SSSR count). The van der Waals surface area contributed by atoms with Gasteiger partial charge in [0.1, 0.15) is 0 Å². The molecule has 0 fully saturated rings. The van der Waals surface area contributed by atoms with Crippen LogP contribution in [0.1, 0.15) is 29.8 Å². The molecule has 2 nitrogen and oxygen atoms in total. The highest BCUT2D eigenvalue weighted by molar-refractivity contribution is 5.77. The van der Waals surface area contributed by atoms with E-state index in [0.29, 0.717) is 0 Å². The Morgan fingerprint density at radius 2 is 1.88 bits per heavy atom. The molecule has 17 heavy (non-hydrogen) atoms. The Morgan fingerprint density at radius 1 is 1.12 bits per heavy atom. The minimum Gasteiger partial charge on any atom is -0.283 e. The number of nitrogens with zero attached hydrogens (tertiary/aromatic N) is 2. The van der Waals surface area contributed by atoms with Gasteiger partial charge in [0, 0.05) is 12.4 Å². The average Bonchev–Trinajstić information content (AvgIpc) is 2.39. The first-order valence-corrected chi connectivity index (χ1v) is 5.76. The summed E-state index contributed by atoms with van der Waals surface area (Å²) in [4.78, 5) is 8.80. The number of benzene rings is 1. The monoisotopic (exact) mass is 224 g/mol. The molecule has 0 bridgehead atoms. The van der Waals surface area contributed by atoms with Gasteiger partial charge in [0.25, 0.3) is 0 Å². The summed E-state index contributed by atoms with van der Waals surface area (Å²) >= 11 is 0. The molecule has 0 aliphatic rings. The van der Waals surface area contributed by atoms with Crippen molar-refractivity contribution in [3.8, 4) is 0 Å². The fourth-order valence-electron chi connectivity index (χ4n) is 1.56. The Balaban J connectivity index is 2.08. The molecule has 1 atom stereocenters. The van der Waals surface area contributed by atoms with Crippen LogP contribution in [0.3, 0.4) is 0 Å². The van der Waals surface area contributed by atoms with Crippen molar-refractivity contribution in [3.63, 3.8) is 0 Å². The molecule has 0 amide bonds. The van der Waals surface area contributed by atoms with Crippen LogP contribution >= 0.6 is 0 Å². The summed E-state index contributed by atoms with van der Waals surface area (Å²) in [6.45, 7) is 4.11. The van der Waals surface area contributed by atoms with Gasteiger partial charge in [0.2, 0.25) is 0 Å². The number of aliphatic imine (C=N–C) groups is 1. The molecule has 2 aromatic rings. The lowest BCUT2D eigenvalue weighted by Gasteiger charge is -2.05. The zero-order valence-electron chi connectivity index (χ0n) is 10.2. The summed E-state index contributed by atoms with van der Waals surface area (Å²) in [6, 6.07) is 14.4. The lowest BCUT2D eigenvalue weighted by atomic mass is 10.1. The fourth-order valence-corrected chi connectivity index (χ4v) is 1.56. The minimum atomic E-state index is 0.166. The largest absolute Gasteiger partial charge is 0.283 e. The molecule has 1 aromatic carbocycles. The van der Waals surface area contributed by atoms with Gasteiger partial charge in [-0.3, -0.25) is 9.98 Å². The number of pyridine rings is 1. The van der Waals surface area contributed by atoms with Crippen LogP contribution in [0.5, 0.6) is 0 Å². The average molecular weight is 224 g/mol. The van der Waals surface area contributed by atoms with E-state index in [4.69, 9.17) is 0 Å². The third kappa shape index (κ3) is 3.25. The maximum absolute atomic E-state index is 4.51. The third-order valence-electron chi connectivity index (χ3n) is 2.65. The molecule has 0 aliphatic carbocycles. The molecule has 0 unspecified atom stereocenters. The van der Waals surface area contributed by atoms with E-state index >= 15 is 0 Å². The van der Waals surface area contributed by atoms with Crippen molar-refractivity contribution < 1.29 is 0 Å². The number of aryl methyl sites for hydroxylation is 1. The van der Waals surface area contributed by atoms with E-state index in [1.807, 2.05) is 49.7 Å². The first kappa shape index (κ1) is 11.5. The van der Waals surface area contributed by atoms with Crippen molar-refractivity contribution in [3.05, 3.63) is 65.5 Å². The number of aromatic nitrogens is 1. The number of hydrogen-bond donors (Lipinski definition) is 0. The summed E-state index contributed by atoms with van der Waals surface area (Å²) in [5, 5.41) is 0. The molecule has 86 valence electrons. The number of hydrogen-bond acceptors (Lipinski definition) is 2. The zero-order valence-corrected chi connectivity index (χ0v) is 10.2. The van der Waals surface area contributed by atoms with Crippen molar-refractivity contribution in [1.82, 2.24) is 4.98 Å². The lowest BCUT2D eigenvalue weighted by Crippen LogP contribution is -1.92. The van der Waals surface area contributed by atoms with Crippen LogP contribution < -0.4 is 0 Å². The maximum Gasteiger partial charge on any atom is 0.0808 e. The van der Waals surface area contributed by atoms with E-state index in [1.165, 1.54) is 11.1 Å². The van der Waals surface area contributed by atoms with Crippen LogP contribution in [0, 0.1) is 6.92 Å². The molecule has 0 radical (unpaired) electrons. The van der Waals surface area contributed by atoms with Gasteiger partial charge in [-0.05, 0) is 31.0 Å². The lowest BCUT2D eigenvalue weighted by molar-refractivity contribution is 0.824. The summed E-state index contributed by atoms with van der Waals surface area (Å²) in [7, 11) is 0. The summed E-state index contributed by atoms with van der Waals surface area (Å²) in [5.74, 6) is 0. The smallest absolute Gasteiger partial charge is 0.0808 e. The van der Waals surface area contributed by atoms with Gasteiger partial charge in [-0.2, -0.15) is 0 Å². The fraction of sp³-hybridized carbons (Fsp3) is 0.200. The van der Waals surface area contributed by atoms with E-state index in [1.54, 1.807) is 0 Å². The molecule has 0 aliphatic heterocycles. The standard InChI is InChI=1S/C15H16N2/c1-12-8-9-15(17-10-12)11-16-13(2)14-6-4-3-5-7-14/h3-11,13H,1-2H3/t13-/m0/s1. The highest BCUT2D eigenvalue weighted by Gasteiger charge is 2.00. The summed E-state index contributed by atoms with van der Waals surface area (Å²) in [5.41, 5.74) is 3.28. The van der Waals surface area contributed by atoms with Crippen molar-refractivity contribution in [2.24, 2.45) is 4.99 Å². The van der Waals surface area contributed by atoms with Gasteiger partial charge in [-0.1, -0.05) is 36.4 Å². The molecule has 0 saturated heterocycles. The van der Waals surface area contributed by atoms with E-state index in [2.05, 4.69) is 29.0 Å². The van der Waals surface area contributed by atoms with Gasteiger partial charge in [-0.15, -0.1) is 0 Å². The SMILES string of the molecule is Cc1ccc(C=N[C@@H](C)c2ccccc2)nc1. The number of rotatable bonds is 3. The van der Waals surface area contributed by atoms with Crippen LogP contribution in [-0.4, -0.2) is 11.2 Å². The Bertz CT molecular complexity index is 486. The van der Waals surface area contributed by atoms with Crippen molar-refractivity contribution >= 4 is 6.21 Å². The summed E-state index contributed by atoms with van der Waals surface area (Å²) in [6.07, 6.45) is 3.69. The third-order valence-corrected chi connectivity index (χ3v) is 2.65. The van der Waals surface area contributed by atoms with Gasteiger partial charge >= 0.3 is 0 Å². The first-order valence-electron chi connectivity index (χ1n) is 5.76. The second-order valence-electron chi connectivity index (χ2n) is 4.13. The Hall–Kier alpha value is -1.96. The van der Waals surface area contributed by atoms with Crippen LogP contribution in [0.25, 0.3) is 0 Å². The maximum atomic E-state index is 4.51. The molecule has 2 heteroatoms. The summed E-state index contributed by atoms with van der Waals surface area (Å²) < 4.78 is 0. The van der Waals surface area contributed by atoms with Crippen LogP contribution in [-0.2, 0) is 0 Å². The Morgan fingerprint density at radius 3 is 2.53 bits per heavy atom. The molecule has 1 heterocycles. The molecule has 1 aromatic heterocycles. The predicted octanol–water partition coefficient (Wildman–Crippen LogP) is 3.57. The Labute approximate surface area is 102 Å². The molecule has 0 spiro atoms. The van der Waals surface area contributed by atoms with Gasteiger partial charge < -0.3 is 0 Å². The van der Waals surface area contributed by atoms with Crippen molar-refractivity contribution in [2.45, 2.75) is 19.9 Å². The van der Waals surface area contributed by atoms with E-state index in [0.717, 1.165) is 5.69 Å². The predicted molar refractivity (Wildman–Crippen MR) is 71.4 cm³/mol. The van der Waals surface area contributed by atoms with Gasteiger partial charge in [0.05, 0.1) is 11.7 Å². The normalized spacial score (nSPS) is 12.8. The van der Waals surface area contributed by atoms with Crippen LogP contribution in [0.15, 0.2) is 53.7 Å². The molecular weight excluding hydrogens is 208 g/mol. The molecule has 0 N–H and O–H groups in total. The highest BCUT2D eigenvalue weighted by atomic mass is 14.8. The van der Waals surface area contributed by atoms with Gasteiger partial charge in [0.15, 0.2) is 0 Å². The molecule has 0 saturated carbocycles. The van der Waals surface area contributed by atoms with Gasteiger partial charge in [-0.25, -0.2) is 0 Å². The van der Waals surface area contributed by atoms with Crippen molar-refractivity contribution in [1.29, 1.82) is 0 Å². The second-order valence-corrected chi connectivity index (χ2v) is 4.13. The molecular formula is C15H16N2. The van der Waals surface area contributed by atoms with E-state index in [-0.39, 0.29) is 6.04 Å². The van der Waals surface area contributed by atoms with Crippen LogP contribution in [0.2, 0.25) is 0 Å². The second kappa shape index (κ2) is 5.39. The minimum absolute atomic E-state index is 0.166. The van der Waals surface area contributed by atoms with Crippen LogP contribution in [0.4, 0.5) is 0 Å². The van der Waals surface area contributed by atoms with Crippen molar-refractivity contribution in [2.75, 3.05) is 0 Å². The topological polar surface area (TPSA) is 25.2 Å². The highest BCUT2D eigenvalue weighted by Crippen LogP contribution is 2.15. The van der Waals surface area contributed by atoms with E-state index < -0.39 is 0 Å². The quantitative estimate of drug-likeness (QED) is 0.732. The Kier molecular flexibility index (Phi) is 3.66. The van der Waals surface area contributed by atoms with E-state index in [9.17, 15) is 0 Å².